The lowest BCUT2D eigenvalue weighted by Gasteiger charge is -2.41. The number of para-hydroxylation sites is 1. The van der Waals surface area contributed by atoms with Gasteiger partial charge in [-0.1, -0.05) is 23.3 Å². The van der Waals surface area contributed by atoms with E-state index in [0.717, 1.165) is 43.7 Å². The normalized spacial score (nSPS) is 30.0. The minimum atomic E-state index is 0.349. The lowest BCUT2D eigenvalue weighted by Crippen LogP contribution is -2.48. The van der Waals surface area contributed by atoms with E-state index in [1.54, 1.807) is 0 Å². The number of benzene rings is 1. The zero-order chi connectivity index (χ0) is 19.1. The second-order valence-corrected chi connectivity index (χ2v) is 8.97. The molecule has 2 aliphatic carbocycles. The third-order valence-corrected chi connectivity index (χ3v) is 6.73. The minimum absolute atomic E-state index is 0.349. The number of likely N-dealkylation sites (N-methyl/N-ethyl adjacent to an activating group) is 1. The van der Waals surface area contributed by atoms with Crippen molar-refractivity contribution in [3.8, 4) is 5.69 Å². The summed E-state index contributed by atoms with van der Waals surface area (Å²) in [5.41, 5.74) is 1.01. The SMILES string of the molecule is CN(C)[C@@H]1C[C@@H]2CN(c3nnnn3-c3ccccc3)C[C@@H]2C[C@H]1OCC1CC1. The van der Waals surface area contributed by atoms with Gasteiger partial charge in [-0.25, -0.2) is 0 Å². The summed E-state index contributed by atoms with van der Waals surface area (Å²) in [4.78, 5) is 4.74. The molecule has 1 aliphatic heterocycles. The maximum Gasteiger partial charge on any atom is 0.250 e. The largest absolute Gasteiger partial charge is 0.376 e. The number of aromatic nitrogens is 4. The second kappa shape index (κ2) is 7.44. The Hall–Kier alpha value is -1.99. The summed E-state index contributed by atoms with van der Waals surface area (Å²) < 4.78 is 8.27. The summed E-state index contributed by atoms with van der Waals surface area (Å²) in [7, 11) is 4.39. The fourth-order valence-electron chi connectivity index (χ4n) is 4.94. The molecular formula is C21H30N6O. The average Bonchev–Trinajstić information content (AvgIpc) is 3.24. The van der Waals surface area contributed by atoms with Crippen LogP contribution in [0.25, 0.3) is 5.69 Å². The number of hydrogen-bond donors (Lipinski definition) is 0. The zero-order valence-electron chi connectivity index (χ0n) is 16.8. The molecule has 3 aliphatic rings. The molecule has 1 saturated heterocycles. The predicted octanol–water partition coefficient (Wildman–Crippen LogP) is 2.23. The van der Waals surface area contributed by atoms with Crippen LogP contribution in [0, 0.1) is 17.8 Å². The maximum absolute atomic E-state index is 6.40. The number of rotatable bonds is 6. The molecule has 150 valence electrons. The number of anilines is 1. The van der Waals surface area contributed by atoms with Gasteiger partial charge in [0.1, 0.15) is 0 Å². The summed E-state index contributed by atoms with van der Waals surface area (Å²) in [5.74, 6) is 3.00. The van der Waals surface area contributed by atoms with Crippen molar-refractivity contribution >= 4 is 5.95 Å². The topological polar surface area (TPSA) is 59.3 Å². The summed E-state index contributed by atoms with van der Waals surface area (Å²) in [5, 5.41) is 12.6. The van der Waals surface area contributed by atoms with Crippen molar-refractivity contribution in [2.24, 2.45) is 17.8 Å². The van der Waals surface area contributed by atoms with Crippen LogP contribution in [0.4, 0.5) is 5.95 Å². The van der Waals surface area contributed by atoms with Crippen LogP contribution in [0.15, 0.2) is 30.3 Å². The molecule has 2 aromatic rings. The molecule has 3 fully saturated rings. The van der Waals surface area contributed by atoms with E-state index in [1.165, 1.54) is 19.3 Å². The fraction of sp³-hybridized carbons (Fsp3) is 0.667. The highest BCUT2D eigenvalue weighted by Gasteiger charge is 2.44. The fourth-order valence-corrected chi connectivity index (χ4v) is 4.94. The van der Waals surface area contributed by atoms with Gasteiger partial charge in [-0.15, -0.1) is 0 Å². The van der Waals surface area contributed by atoms with Gasteiger partial charge in [0.25, 0.3) is 0 Å². The zero-order valence-corrected chi connectivity index (χ0v) is 16.8. The molecule has 7 nitrogen and oxygen atoms in total. The molecule has 1 aromatic heterocycles. The van der Waals surface area contributed by atoms with Gasteiger partial charge < -0.3 is 14.5 Å². The standard InChI is InChI=1S/C21H30N6O/c1-25(2)19-10-16-12-26(13-17(16)11-20(19)28-14-15-8-9-15)21-22-23-24-27(21)18-6-4-3-5-7-18/h3-7,15-17,19-20H,8-14H2,1-2H3/t16-,17+,19-,20-/m1/s1. The Labute approximate surface area is 166 Å². The number of nitrogens with zero attached hydrogens (tertiary/aromatic N) is 6. The minimum Gasteiger partial charge on any atom is -0.376 e. The molecule has 0 amide bonds. The Morgan fingerprint density at radius 2 is 1.82 bits per heavy atom. The predicted molar refractivity (Wildman–Crippen MR) is 108 cm³/mol. The highest BCUT2D eigenvalue weighted by Crippen LogP contribution is 2.41. The van der Waals surface area contributed by atoms with Crippen LogP contribution in [-0.4, -0.2) is 71.0 Å². The average molecular weight is 383 g/mol. The van der Waals surface area contributed by atoms with Crippen molar-refractivity contribution < 1.29 is 4.74 Å². The van der Waals surface area contributed by atoms with Gasteiger partial charge >= 0.3 is 0 Å². The lowest BCUT2D eigenvalue weighted by atomic mass is 9.77. The molecule has 0 spiro atoms. The van der Waals surface area contributed by atoms with Crippen molar-refractivity contribution in [1.82, 2.24) is 25.1 Å². The first kappa shape index (κ1) is 18.1. The van der Waals surface area contributed by atoms with E-state index < -0.39 is 0 Å². The van der Waals surface area contributed by atoms with Crippen LogP contribution in [0.5, 0.6) is 0 Å². The Morgan fingerprint density at radius 3 is 2.54 bits per heavy atom. The van der Waals surface area contributed by atoms with Crippen molar-refractivity contribution in [3.05, 3.63) is 30.3 Å². The van der Waals surface area contributed by atoms with Gasteiger partial charge in [-0.05, 0) is 80.1 Å². The first-order valence-electron chi connectivity index (χ1n) is 10.6. The third kappa shape index (κ3) is 3.53. The van der Waals surface area contributed by atoms with Gasteiger partial charge in [0, 0.05) is 25.7 Å². The number of hydrogen-bond acceptors (Lipinski definition) is 6. The van der Waals surface area contributed by atoms with Gasteiger partial charge in [-0.2, -0.15) is 4.68 Å². The molecule has 0 bridgehead atoms. The van der Waals surface area contributed by atoms with Gasteiger partial charge in [0.2, 0.25) is 5.95 Å². The van der Waals surface area contributed by atoms with Crippen molar-refractivity contribution in [2.75, 3.05) is 38.7 Å². The van der Waals surface area contributed by atoms with Crippen molar-refractivity contribution in [2.45, 2.75) is 37.8 Å². The molecule has 0 radical (unpaired) electrons. The van der Waals surface area contributed by atoms with Crippen LogP contribution in [0.2, 0.25) is 0 Å². The molecule has 28 heavy (non-hydrogen) atoms. The van der Waals surface area contributed by atoms with E-state index in [2.05, 4.69) is 39.4 Å². The molecule has 1 aromatic carbocycles. The highest BCUT2D eigenvalue weighted by molar-refractivity contribution is 5.41. The van der Waals surface area contributed by atoms with Crippen LogP contribution in [0.1, 0.15) is 25.7 Å². The molecule has 5 rings (SSSR count). The maximum atomic E-state index is 6.40. The molecule has 0 N–H and O–H groups in total. The second-order valence-electron chi connectivity index (χ2n) is 8.97. The van der Waals surface area contributed by atoms with Gasteiger partial charge in [0.15, 0.2) is 0 Å². The molecule has 2 heterocycles. The lowest BCUT2D eigenvalue weighted by molar-refractivity contribution is -0.0493. The van der Waals surface area contributed by atoms with Crippen LogP contribution in [-0.2, 0) is 4.74 Å². The molecule has 2 saturated carbocycles. The summed E-state index contributed by atoms with van der Waals surface area (Å²) in [6, 6.07) is 10.7. The van der Waals surface area contributed by atoms with Gasteiger partial charge in [-0.3, -0.25) is 0 Å². The summed E-state index contributed by atoms with van der Waals surface area (Å²) in [6.07, 6.45) is 5.38. The van der Waals surface area contributed by atoms with Crippen LogP contribution >= 0.6 is 0 Å². The van der Waals surface area contributed by atoms with Crippen LogP contribution in [0.3, 0.4) is 0 Å². The van der Waals surface area contributed by atoms with Crippen molar-refractivity contribution in [3.63, 3.8) is 0 Å². The number of fused-ring (bicyclic) bond motifs is 1. The monoisotopic (exact) mass is 382 g/mol. The van der Waals surface area contributed by atoms with E-state index in [4.69, 9.17) is 4.74 Å². The van der Waals surface area contributed by atoms with E-state index in [9.17, 15) is 0 Å². The van der Waals surface area contributed by atoms with E-state index in [0.29, 0.717) is 24.0 Å². The Bertz CT molecular complexity index is 789. The molecular weight excluding hydrogens is 352 g/mol. The highest BCUT2D eigenvalue weighted by atomic mass is 16.5. The molecule has 4 atom stereocenters. The number of tetrazole rings is 1. The summed E-state index contributed by atoms with van der Waals surface area (Å²) in [6.45, 7) is 2.99. The Balaban J connectivity index is 1.32. The summed E-state index contributed by atoms with van der Waals surface area (Å²) >= 11 is 0. The number of ether oxygens (including phenoxy) is 1. The Morgan fingerprint density at radius 1 is 1.07 bits per heavy atom. The van der Waals surface area contributed by atoms with E-state index >= 15 is 0 Å². The van der Waals surface area contributed by atoms with Crippen molar-refractivity contribution in [1.29, 1.82) is 0 Å². The Kier molecular flexibility index (Phi) is 4.80. The van der Waals surface area contributed by atoms with E-state index in [-0.39, 0.29) is 0 Å². The molecule has 7 heteroatoms. The smallest absolute Gasteiger partial charge is 0.250 e. The van der Waals surface area contributed by atoms with Gasteiger partial charge in [0.05, 0.1) is 11.8 Å². The van der Waals surface area contributed by atoms with E-state index in [1.807, 2.05) is 35.0 Å². The molecule has 0 unspecified atom stereocenters. The van der Waals surface area contributed by atoms with Crippen LogP contribution < -0.4 is 4.90 Å². The first-order valence-corrected chi connectivity index (χ1v) is 10.6. The quantitative estimate of drug-likeness (QED) is 0.764. The first-order chi connectivity index (χ1) is 13.7. The third-order valence-electron chi connectivity index (χ3n) is 6.73.